The van der Waals surface area contributed by atoms with Crippen molar-refractivity contribution in [2.45, 2.75) is 20.3 Å². The van der Waals surface area contributed by atoms with Gasteiger partial charge in [0.2, 0.25) is 5.13 Å². The molecule has 1 aromatic carbocycles. The first kappa shape index (κ1) is 17.7. The van der Waals surface area contributed by atoms with Crippen molar-refractivity contribution in [2.24, 2.45) is 5.10 Å². The van der Waals surface area contributed by atoms with Gasteiger partial charge < -0.3 is 9.84 Å². The molecule has 122 valence electrons. The van der Waals surface area contributed by atoms with Gasteiger partial charge in [0.05, 0.1) is 24.9 Å². The summed E-state index contributed by atoms with van der Waals surface area (Å²) in [5.74, 6) is -0.123. The van der Waals surface area contributed by atoms with Crippen molar-refractivity contribution in [2.75, 3.05) is 12.0 Å². The van der Waals surface area contributed by atoms with Gasteiger partial charge in [0.25, 0.3) is 0 Å². The number of phenolic OH excluding ortho intramolecular Hbond substituents is 1. The molecule has 1 heterocycles. The average molecular weight is 445 g/mol. The molecule has 0 spiro atoms. The van der Waals surface area contributed by atoms with E-state index in [9.17, 15) is 9.90 Å². The summed E-state index contributed by atoms with van der Waals surface area (Å²) >= 11 is 3.55. The minimum Gasteiger partial charge on any atom is -0.507 e. The SMILES string of the molecule is CCOC(=O)Cc1csc(NN=Cc2cc(I)c(C)cc2O)n1. The molecule has 0 saturated heterocycles. The summed E-state index contributed by atoms with van der Waals surface area (Å²) in [6.45, 7) is 4.06. The van der Waals surface area contributed by atoms with E-state index >= 15 is 0 Å². The smallest absolute Gasteiger partial charge is 0.311 e. The quantitative estimate of drug-likeness (QED) is 0.309. The van der Waals surface area contributed by atoms with Gasteiger partial charge in [-0.2, -0.15) is 5.10 Å². The zero-order valence-corrected chi connectivity index (χ0v) is 15.6. The Labute approximate surface area is 151 Å². The Morgan fingerprint density at radius 1 is 1.57 bits per heavy atom. The summed E-state index contributed by atoms with van der Waals surface area (Å²) in [6, 6.07) is 3.55. The zero-order valence-electron chi connectivity index (χ0n) is 12.7. The second kappa shape index (κ2) is 8.25. The van der Waals surface area contributed by atoms with Crippen molar-refractivity contribution in [1.82, 2.24) is 4.98 Å². The van der Waals surface area contributed by atoms with Crippen molar-refractivity contribution in [1.29, 1.82) is 0 Å². The Balaban J connectivity index is 1.97. The van der Waals surface area contributed by atoms with Gasteiger partial charge >= 0.3 is 5.97 Å². The van der Waals surface area contributed by atoms with Crippen LogP contribution in [0.15, 0.2) is 22.6 Å². The summed E-state index contributed by atoms with van der Waals surface area (Å²) in [7, 11) is 0. The minimum absolute atomic E-state index is 0.146. The highest BCUT2D eigenvalue weighted by molar-refractivity contribution is 14.1. The van der Waals surface area contributed by atoms with Crippen LogP contribution in [-0.2, 0) is 16.0 Å². The number of ether oxygens (including phenoxy) is 1. The predicted octanol–water partition coefficient (Wildman–Crippen LogP) is 3.31. The number of anilines is 1. The number of esters is 1. The number of nitrogens with one attached hydrogen (secondary N) is 1. The van der Waals surface area contributed by atoms with E-state index in [0.29, 0.717) is 23.0 Å². The molecule has 2 rings (SSSR count). The molecule has 0 aliphatic rings. The molecule has 0 radical (unpaired) electrons. The number of benzene rings is 1. The van der Waals surface area contributed by atoms with Gasteiger partial charge in [0.1, 0.15) is 5.75 Å². The fourth-order valence-electron chi connectivity index (χ4n) is 1.74. The maximum Gasteiger partial charge on any atom is 0.311 e. The fraction of sp³-hybridized carbons (Fsp3) is 0.267. The second-order valence-corrected chi connectivity index (χ2v) is 6.68. The Morgan fingerprint density at radius 2 is 2.35 bits per heavy atom. The fourth-order valence-corrected chi connectivity index (χ4v) is 2.89. The highest BCUT2D eigenvalue weighted by Crippen LogP contribution is 2.22. The van der Waals surface area contributed by atoms with Gasteiger partial charge in [-0.05, 0) is 54.1 Å². The molecule has 0 bridgehead atoms. The number of carbonyl (C=O) groups excluding carboxylic acids is 1. The molecule has 0 unspecified atom stereocenters. The van der Waals surface area contributed by atoms with Crippen molar-refractivity contribution in [3.63, 3.8) is 0 Å². The Morgan fingerprint density at radius 3 is 3.09 bits per heavy atom. The summed E-state index contributed by atoms with van der Waals surface area (Å²) in [5, 5.41) is 16.3. The average Bonchev–Trinajstić information content (AvgIpc) is 2.92. The number of halogens is 1. The maximum absolute atomic E-state index is 11.4. The number of hydrogen-bond acceptors (Lipinski definition) is 7. The molecule has 0 saturated carbocycles. The number of aryl methyl sites for hydroxylation is 1. The van der Waals surface area contributed by atoms with Gasteiger partial charge in [-0.3, -0.25) is 10.2 Å². The molecule has 23 heavy (non-hydrogen) atoms. The molecular weight excluding hydrogens is 429 g/mol. The Kier molecular flexibility index (Phi) is 6.34. The Bertz CT molecular complexity index is 731. The van der Waals surface area contributed by atoms with E-state index in [2.05, 4.69) is 38.1 Å². The van der Waals surface area contributed by atoms with Crippen LogP contribution in [0, 0.1) is 10.5 Å². The molecule has 2 aromatic rings. The number of carbonyl (C=O) groups is 1. The lowest BCUT2D eigenvalue weighted by atomic mass is 10.1. The first-order valence-corrected chi connectivity index (χ1v) is 8.83. The number of hydrogen-bond donors (Lipinski definition) is 2. The summed E-state index contributed by atoms with van der Waals surface area (Å²) in [5.41, 5.74) is 5.06. The number of hydrazone groups is 1. The third-order valence-electron chi connectivity index (χ3n) is 2.85. The summed E-state index contributed by atoms with van der Waals surface area (Å²) in [6.07, 6.45) is 1.68. The first-order chi connectivity index (χ1) is 11.0. The number of phenols is 1. The van der Waals surface area contributed by atoms with E-state index in [4.69, 9.17) is 4.74 Å². The number of nitrogens with zero attached hydrogens (tertiary/aromatic N) is 2. The van der Waals surface area contributed by atoms with Gasteiger partial charge in [0.15, 0.2) is 0 Å². The van der Waals surface area contributed by atoms with Crippen molar-refractivity contribution in [3.05, 3.63) is 37.9 Å². The number of aromatic hydroxyl groups is 1. The highest BCUT2D eigenvalue weighted by atomic mass is 127. The van der Waals surface area contributed by atoms with Crippen LogP contribution in [-0.4, -0.2) is 28.9 Å². The van der Waals surface area contributed by atoms with Crippen molar-refractivity contribution < 1.29 is 14.6 Å². The van der Waals surface area contributed by atoms with Gasteiger partial charge in [0, 0.05) is 14.5 Å². The standard InChI is InChI=1S/C15H16IN3O3S/c1-3-22-14(21)6-11-8-23-15(18-11)19-17-7-10-5-12(16)9(2)4-13(10)20/h4-5,7-8,20H,3,6H2,1-2H3,(H,18,19). The summed E-state index contributed by atoms with van der Waals surface area (Å²) in [4.78, 5) is 15.6. The molecule has 6 nitrogen and oxygen atoms in total. The van der Waals surface area contributed by atoms with Crippen molar-refractivity contribution in [3.8, 4) is 5.75 Å². The molecule has 8 heteroatoms. The van der Waals surface area contributed by atoms with Crippen LogP contribution in [0.4, 0.5) is 5.13 Å². The van der Waals surface area contributed by atoms with Crippen LogP contribution in [0.1, 0.15) is 23.7 Å². The molecule has 2 N–H and O–H groups in total. The third kappa shape index (κ3) is 5.17. The van der Waals surface area contributed by atoms with Gasteiger partial charge in [-0.1, -0.05) is 0 Å². The van der Waals surface area contributed by atoms with Gasteiger partial charge in [-0.15, -0.1) is 11.3 Å². The lowest BCUT2D eigenvalue weighted by molar-refractivity contribution is -0.142. The monoisotopic (exact) mass is 445 g/mol. The molecular formula is C15H16IN3O3S. The molecule has 0 aliphatic carbocycles. The molecule has 0 aliphatic heterocycles. The second-order valence-electron chi connectivity index (χ2n) is 4.66. The largest absolute Gasteiger partial charge is 0.507 e. The Hall–Kier alpha value is -1.68. The van der Waals surface area contributed by atoms with E-state index in [1.807, 2.05) is 13.0 Å². The number of thiazole rings is 1. The maximum atomic E-state index is 11.4. The van der Waals surface area contributed by atoms with E-state index in [1.54, 1.807) is 18.4 Å². The highest BCUT2D eigenvalue weighted by Gasteiger charge is 2.08. The molecule has 0 atom stereocenters. The lowest BCUT2D eigenvalue weighted by Gasteiger charge is -2.03. The number of rotatable bonds is 6. The van der Waals surface area contributed by atoms with E-state index in [1.165, 1.54) is 17.6 Å². The first-order valence-electron chi connectivity index (χ1n) is 6.87. The van der Waals surface area contributed by atoms with E-state index in [0.717, 1.165) is 9.13 Å². The van der Waals surface area contributed by atoms with Crippen LogP contribution in [0.5, 0.6) is 5.75 Å². The van der Waals surface area contributed by atoms with E-state index in [-0.39, 0.29) is 18.1 Å². The van der Waals surface area contributed by atoms with Crippen LogP contribution in [0.25, 0.3) is 0 Å². The van der Waals surface area contributed by atoms with E-state index < -0.39 is 0 Å². The zero-order chi connectivity index (χ0) is 16.8. The molecule has 0 fully saturated rings. The number of aromatic nitrogens is 1. The van der Waals surface area contributed by atoms with Crippen LogP contribution < -0.4 is 5.43 Å². The lowest BCUT2D eigenvalue weighted by Crippen LogP contribution is -2.07. The summed E-state index contributed by atoms with van der Waals surface area (Å²) < 4.78 is 5.92. The normalized spacial score (nSPS) is 10.9. The van der Waals surface area contributed by atoms with Crippen molar-refractivity contribution >= 4 is 51.2 Å². The predicted molar refractivity (Wildman–Crippen MR) is 99.2 cm³/mol. The third-order valence-corrected chi connectivity index (χ3v) is 4.81. The molecule has 1 aromatic heterocycles. The minimum atomic E-state index is -0.299. The molecule has 0 amide bonds. The van der Waals surface area contributed by atoms with Crippen LogP contribution in [0.2, 0.25) is 0 Å². The van der Waals surface area contributed by atoms with Crippen LogP contribution >= 0.6 is 33.9 Å². The van der Waals surface area contributed by atoms with Crippen LogP contribution in [0.3, 0.4) is 0 Å². The topological polar surface area (TPSA) is 83.8 Å². The van der Waals surface area contributed by atoms with Gasteiger partial charge in [-0.25, -0.2) is 4.98 Å².